The molecule has 0 radical (unpaired) electrons. The van der Waals surface area contributed by atoms with E-state index >= 15 is 0 Å². The second-order valence-electron chi connectivity index (χ2n) is 4.85. The molecule has 23 heavy (non-hydrogen) atoms. The Kier molecular flexibility index (Phi) is 6.11. The minimum absolute atomic E-state index is 0.0924. The van der Waals surface area contributed by atoms with Gasteiger partial charge in [-0.2, -0.15) is 0 Å². The topological polar surface area (TPSA) is 99.0 Å². The largest absolute Gasteiger partial charge is 0.469 e. The third-order valence-corrected chi connectivity index (χ3v) is 4.54. The molecule has 2 aromatic rings. The van der Waals surface area contributed by atoms with Crippen LogP contribution < -0.4 is 5.32 Å². The molecule has 0 spiro atoms. The fraction of sp³-hybridized carbons (Fsp3) is 0.462. The lowest BCUT2D eigenvalue weighted by atomic mass is 10.3. The van der Waals surface area contributed by atoms with E-state index in [1.54, 1.807) is 11.7 Å². The number of hydrogen-bond donors (Lipinski definition) is 1. The summed E-state index contributed by atoms with van der Waals surface area (Å²) in [6.07, 6.45) is 1.74. The third-order valence-electron chi connectivity index (χ3n) is 2.78. The minimum atomic E-state index is -0.364. The zero-order valence-corrected chi connectivity index (χ0v) is 14.6. The van der Waals surface area contributed by atoms with Gasteiger partial charge in [-0.3, -0.25) is 9.59 Å². The quantitative estimate of drug-likeness (QED) is 0.597. The summed E-state index contributed by atoms with van der Waals surface area (Å²) in [4.78, 5) is 27.3. The van der Waals surface area contributed by atoms with Crippen LogP contribution in [0.1, 0.15) is 25.6 Å². The van der Waals surface area contributed by atoms with Crippen molar-refractivity contribution in [2.45, 2.75) is 31.5 Å². The second kappa shape index (κ2) is 8.06. The molecule has 0 aliphatic rings. The Morgan fingerprint density at radius 2 is 2.26 bits per heavy atom. The van der Waals surface area contributed by atoms with Gasteiger partial charge in [0.15, 0.2) is 10.3 Å². The maximum absolute atomic E-state index is 12.0. The number of nitrogens with one attached hydrogen (secondary N) is 1. The molecule has 0 unspecified atom stereocenters. The molecule has 2 aromatic heterocycles. The molecule has 0 aromatic carbocycles. The number of anilines is 1. The highest BCUT2D eigenvalue weighted by Crippen LogP contribution is 2.20. The van der Waals surface area contributed by atoms with Gasteiger partial charge < -0.3 is 14.6 Å². The Balaban J connectivity index is 1.85. The van der Waals surface area contributed by atoms with Crippen LogP contribution in [-0.4, -0.2) is 44.5 Å². The number of esters is 1. The number of nitrogens with zero attached hydrogens (tertiary/aromatic N) is 4. The molecule has 0 aliphatic carbocycles. The van der Waals surface area contributed by atoms with Gasteiger partial charge >= 0.3 is 5.97 Å². The van der Waals surface area contributed by atoms with Crippen LogP contribution in [0.4, 0.5) is 5.13 Å². The first kappa shape index (κ1) is 17.4. The third kappa shape index (κ3) is 5.03. The first-order valence-electron chi connectivity index (χ1n) is 6.83. The highest BCUT2D eigenvalue weighted by molar-refractivity contribution is 7.99. The van der Waals surface area contributed by atoms with Crippen molar-refractivity contribution in [1.82, 2.24) is 19.7 Å². The van der Waals surface area contributed by atoms with Crippen LogP contribution in [0, 0.1) is 0 Å². The van der Waals surface area contributed by atoms with Crippen molar-refractivity contribution < 1.29 is 14.3 Å². The molecule has 1 amide bonds. The van der Waals surface area contributed by atoms with E-state index in [1.165, 1.54) is 30.2 Å². The molecule has 2 rings (SSSR count). The fourth-order valence-corrected chi connectivity index (χ4v) is 3.21. The van der Waals surface area contributed by atoms with E-state index in [9.17, 15) is 9.59 Å². The van der Waals surface area contributed by atoms with Crippen LogP contribution in [0.3, 0.4) is 0 Å². The van der Waals surface area contributed by atoms with E-state index in [1.807, 2.05) is 18.4 Å². The molecular formula is C13H17N5O3S2. The molecule has 0 saturated heterocycles. The van der Waals surface area contributed by atoms with E-state index < -0.39 is 0 Å². The van der Waals surface area contributed by atoms with Crippen molar-refractivity contribution in [2.75, 3.05) is 18.2 Å². The Bertz CT molecular complexity index is 683. The summed E-state index contributed by atoms with van der Waals surface area (Å²) in [5.74, 6) is -0.346. The van der Waals surface area contributed by atoms with E-state index in [0.717, 1.165) is 0 Å². The lowest BCUT2D eigenvalue weighted by Crippen LogP contribution is -2.15. The Labute approximate surface area is 141 Å². The van der Waals surface area contributed by atoms with Gasteiger partial charge in [0.25, 0.3) is 0 Å². The van der Waals surface area contributed by atoms with Crippen LogP contribution in [0.15, 0.2) is 16.9 Å². The number of carbonyl (C=O) groups is 2. The van der Waals surface area contributed by atoms with Crippen LogP contribution in [0.25, 0.3) is 0 Å². The van der Waals surface area contributed by atoms with E-state index in [-0.39, 0.29) is 30.1 Å². The lowest BCUT2D eigenvalue weighted by molar-refractivity contribution is -0.139. The molecule has 0 bridgehead atoms. The molecule has 0 aliphatic heterocycles. The predicted octanol–water partition coefficient (Wildman–Crippen LogP) is 1.76. The summed E-state index contributed by atoms with van der Waals surface area (Å²) in [6, 6.07) is 0.232. The van der Waals surface area contributed by atoms with Crippen LogP contribution >= 0.6 is 23.1 Å². The molecule has 124 valence electrons. The lowest BCUT2D eigenvalue weighted by Gasteiger charge is -2.08. The molecule has 2 heterocycles. The number of methoxy groups -OCH3 is 1. The van der Waals surface area contributed by atoms with Crippen molar-refractivity contribution in [1.29, 1.82) is 0 Å². The summed E-state index contributed by atoms with van der Waals surface area (Å²) in [7, 11) is 1.32. The molecular weight excluding hydrogens is 338 g/mol. The zero-order chi connectivity index (χ0) is 16.8. The predicted molar refractivity (Wildman–Crippen MR) is 87.6 cm³/mol. The standard InChI is InChI=1S/C13H17N5O3S2/c1-8(2)18-7-14-17-13(18)23-6-10(19)16-12-15-9(5-22-12)4-11(20)21-3/h5,7-8H,4,6H2,1-3H3,(H,15,16,19). The van der Waals surface area contributed by atoms with Gasteiger partial charge in [0.05, 0.1) is 25.0 Å². The first-order valence-corrected chi connectivity index (χ1v) is 8.69. The summed E-state index contributed by atoms with van der Waals surface area (Å²) < 4.78 is 6.47. The number of hydrogen-bond acceptors (Lipinski definition) is 8. The molecule has 0 atom stereocenters. The first-order chi connectivity index (χ1) is 11.0. The minimum Gasteiger partial charge on any atom is -0.469 e. The van der Waals surface area contributed by atoms with E-state index in [4.69, 9.17) is 0 Å². The number of carbonyl (C=O) groups excluding carboxylic acids is 2. The molecule has 8 nitrogen and oxygen atoms in total. The number of ether oxygens (including phenoxy) is 1. The van der Waals surface area contributed by atoms with Gasteiger partial charge in [-0.15, -0.1) is 21.5 Å². The summed E-state index contributed by atoms with van der Waals surface area (Å²) in [6.45, 7) is 4.04. The Morgan fingerprint density at radius 3 is 2.96 bits per heavy atom. The molecule has 10 heteroatoms. The normalized spacial score (nSPS) is 10.8. The number of amides is 1. The summed E-state index contributed by atoms with van der Waals surface area (Å²) >= 11 is 2.58. The SMILES string of the molecule is COC(=O)Cc1csc(NC(=O)CSc2nncn2C(C)C)n1. The average Bonchev–Trinajstić information content (AvgIpc) is 3.14. The van der Waals surface area contributed by atoms with Crippen LogP contribution in [-0.2, 0) is 20.7 Å². The highest BCUT2D eigenvalue weighted by atomic mass is 32.2. The molecule has 0 saturated carbocycles. The number of thioether (sulfide) groups is 1. The van der Waals surface area contributed by atoms with Gasteiger partial charge in [-0.05, 0) is 13.8 Å². The van der Waals surface area contributed by atoms with Crippen molar-refractivity contribution in [3.8, 4) is 0 Å². The van der Waals surface area contributed by atoms with Gasteiger partial charge in [0.1, 0.15) is 6.33 Å². The zero-order valence-electron chi connectivity index (χ0n) is 13.0. The van der Waals surface area contributed by atoms with Crippen LogP contribution in [0.2, 0.25) is 0 Å². The maximum Gasteiger partial charge on any atom is 0.311 e. The molecule has 0 fully saturated rings. The summed E-state index contributed by atoms with van der Waals surface area (Å²) in [5.41, 5.74) is 0.573. The average molecular weight is 355 g/mol. The monoisotopic (exact) mass is 355 g/mol. The molecule has 1 N–H and O–H groups in total. The smallest absolute Gasteiger partial charge is 0.311 e. The summed E-state index contributed by atoms with van der Waals surface area (Å²) in [5, 5.41) is 13.4. The van der Waals surface area contributed by atoms with Crippen LogP contribution in [0.5, 0.6) is 0 Å². The highest BCUT2D eigenvalue weighted by Gasteiger charge is 2.13. The van der Waals surface area contributed by atoms with Crippen molar-refractivity contribution >= 4 is 40.1 Å². The fourth-order valence-electron chi connectivity index (χ4n) is 1.64. The Morgan fingerprint density at radius 1 is 1.48 bits per heavy atom. The van der Waals surface area contributed by atoms with Crippen molar-refractivity contribution in [2.24, 2.45) is 0 Å². The number of rotatable bonds is 7. The Hall–Kier alpha value is -1.94. The van der Waals surface area contributed by atoms with Crippen molar-refractivity contribution in [3.05, 3.63) is 17.4 Å². The van der Waals surface area contributed by atoms with E-state index in [2.05, 4.69) is 25.2 Å². The van der Waals surface area contributed by atoms with Gasteiger partial charge in [0, 0.05) is 11.4 Å². The number of aromatic nitrogens is 4. The second-order valence-corrected chi connectivity index (χ2v) is 6.65. The maximum atomic E-state index is 12.0. The van der Waals surface area contributed by atoms with Gasteiger partial charge in [0.2, 0.25) is 5.91 Å². The van der Waals surface area contributed by atoms with Gasteiger partial charge in [-0.1, -0.05) is 11.8 Å². The van der Waals surface area contributed by atoms with Crippen molar-refractivity contribution in [3.63, 3.8) is 0 Å². The number of thiazole rings is 1. The van der Waals surface area contributed by atoms with E-state index in [0.29, 0.717) is 16.0 Å². The van der Waals surface area contributed by atoms with Gasteiger partial charge in [-0.25, -0.2) is 4.98 Å².